The van der Waals surface area contributed by atoms with Crippen molar-refractivity contribution in [1.29, 1.82) is 0 Å². The lowest BCUT2D eigenvalue weighted by atomic mass is 10.6. The maximum atomic E-state index is 2.52. The number of rotatable bonds is 8. The fourth-order valence-corrected chi connectivity index (χ4v) is 5.29. The monoisotopic (exact) mass is 312 g/mol. The van der Waals surface area contributed by atoms with Crippen LogP contribution in [0, 0.1) is 0 Å². The lowest BCUT2D eigenvalue weighted by molar-refractivity contribution is 1.38. The molecule has 0 fully saturated rings. The van der Waals surface area contributed by atoms with Gasteiger partial charge in [0.1, 0.15) is 0 Å². The van der Waals surface area contributed by atoms with E-state index in [4.69, 9.17) is 0 Å². The van der Waals surface area contributed by atoms with Gasteiger partial charge in [0.05, 0.1) is 8.07 Å². The van der Waals surface area contributed by atoms with Gasteiger partial charge in [0, 0.05) is 16.1 Å². The fraction of sp³-hybridized carbons (Fsp3) is 0.750. The van der Waals surface area contributed by atoms with Crippen molar-refractivity contribution < 1.29 is 0 Å². The van der Waals surface area contributed by atoms with E-state index < -0.39 is 24.2 Å². The van der Waals surface area contributed by atoms with Crippen LogP contribution >= 0.6 is 0 Å². The molecular formula is C16H36Si3. The highest BCUT2D eigenvalue weighted by Crippen LogP contribution is 2.19. The summed E-state index contributed by atoms with van der Waals surface area (Å²) in [6.45, 7) is 19.7. The van der Waals surface area contributed by atoms with Crippen LogP contribution in [-0.4, -0.2) is 24.2 Å². The first-order chi connectivity index (χ1) is 8.41. The van der Waals surface area contributed by atoms with E-state index in [0.29, 0.717) is 0 Å². The summed E-state index contributed by atoms with van der Waals surface area (Å²) in [5, 5.41) is 0. The van der Waals surface area contributed by atoms with Crippen molar-refractivity contribution in [3.05, 3.63) is 24.3 Å². The van der Waals surface area contributed by atoms with E-state index in [1.807, 2.05) is 0 Å². The molecule has 0 N–H and O–H groups in total. The summed E-state index contributed by atoms with van der Waals surface area (Å²) in [5.41, 5.74) is 0. The van der Waals surface area contributed by atoms with E-state index in [1.54, 1.807) is 0 Å². The molecule has 0 rings (SSSR count). The summed E-state index contributed by atoms with van der Waals surface area (Å²) in [6, 6.07) is 5.36. The smallest absolute Gasteiger partial charge is 0.0548 e. The Kier molecular flexibility index (Phi) is 7.85. The topological polar surface area (TPSA) is 0 Å². The highest BCUT2D eigenvalue weighted by molar-refractivity contribution is 6.78. The maximum absolute atomic E-state index is 2.52. The highest BCUT2D eigenvalue weighted by Gasteiger charge is 2.17. The minimum atomic E-state index is -1.04. The summed E-state index contributed by atoms with van der Waals surface area (Å²) in [6.07, 6.45) is 9.84. The molecule has 0 bridgehead atoms. The van der Waals surface area contributed by atoms with Gasteiger partial charge in [-0.2, -0.15) is 0 Å². The van der Waals surface area contributed by atoms with E-state index in [2.05, 4.69) is 76.7 Å². The van der Waals surface area contributed by atoms with Crippen LogP contribution in [0.25, 0.3) is 0 Å². The van der Waals surface area contributed by atoms with Gasteiger partial charge in [0.15, 0.2) is 0 Å². The molecule has 0 aromatic rings. The van der Waals surface area contributed by atoms with Crippen molar-refractivity contribution in [3.63, 3.8) is 0 Å². The molecule has 0 aliphatic heterocycles. The van der Waals surface area contributed by atoms with Crippen molar-refractivity contribution in [2.45, 2.75) is 76.6 Å². The second-order valence-electron chi connectivity index (χ2n) is 9.04. The molecular weight excluding hydrogens is 276 g/mol. The normalized spacial score (nSPS) is 14.7. The molecule has 0 aromatic heterocycles. The minimum absolute atomic E-state index is 0.886. The first-order valence-corrected chi connectivity index (χ1v) is 18.5. The van der Waals surface area contributed by atoms with Crippen LogP contribution in [0.5, 0.6) is 0 Å². The fourth-order valence-electron chi connectivity index (χ4n) is 1.76. The molecule has 112 valence electrons. The molecule has 0 amide bonds. The molecule has 0 atom stereocenters. The number of allylic oxidation sites excluding steroid dienone is 4. The Morgan fingerprint density at radius 1 is 0.474 bits per heavy atom. The quantitative estimate of drug-likeness (QED) is 0.355. The van der Waals surface area contributed by atoms with E-state index >= 15 is 0 Å². The minimum Gasteiger partial charge on any atom is -0.0915 e. The Hall–Kier alpha value is 0.131. The lowest BCUT2D eigenvalue weighted by Gasteiger charge is -2.19. The number of hydrogen-bond donors (Lipinski definition) is 0. The first-order valence-electron chi connectivity index (χ1n) is 7.71. The van der Waals surface area contributed by atoms with Crippen molar-refractivity contribution in [2.24, 2.45) is 0 Å². The highest BCUT2D eigenvalue weighted by atomic mass is 28.3. The van der Waals surface area contributed by atoms with Crippen LogP contribution in [0.3, 0.4) is 0 Å². The standard InChI is InChI=1S/C16H36Si3/c1-17(2,3)13-9-11-15-19(7,8)16-12-10-14-18(4,5)6/h9-12H,13-16H2,1-8H3. The molecule has 0 nitrogen and oxygen atoms in total. The molecule has 19 heavy (non-hydrogen) atoms. The second kappa shape index (κ2) is 7.79. The third kappa shape index (κ3) is 14.4. The molecule has 0 saturated heterocycles. The van der Waals surface area contributed by atoms with Gasteiger partial charge < -0.3 is 0 Å². The zero-order valence-electron chi connectivity index (χ0n) is 14.6. The van der Waals surface area contributed by atoms with Gasteiger partial charge >= 0.3 is 0 Å². The molecule has 0 aliphatic carbocycles. The Labute approximate surface area is 125 Å². The lowest BCUT2D eigenvalue weighted by Crippen LogP contribution is -2.23. The van der Waals surface area contributed by atoms with Crippen LogP contribution < -0.4 is 0 Å². The molecule has 0 heterocycles. The molecule has 0 aromatic carbocycles. The Morgan fingerprint density at radius 2 is 0.737 bits per heavy atom. The molecule has 0 spiro atoms. The van der Waals surface area contributed by atoms with Gasteiger partial charge in [-0.3, -0.25) is 0 Å². The second-order valence-corrected chi connectivity index (χ2v) is 25.2. The van der Waals surface area contributed by atoms with Gasteiger partial charge in [-0.05, 0) is 24.2 Å². The molecule has 0 unspecified atom stereocenters. The Morgan fingerprint density at radius 3 is 1.00 bits per heavy atom. The van der Waals surface area contributed by atoms with Crippen LogP contribution in [-0.2, 0) is 0 Å². The largest absolute Gasteiger partial charge is 0.0915 e. The van der Waals surface area contributed by atoms with Crippen molar-refractivity contribution >= 4 is 24.2 Å². The maximum Gasteiger partial charge on any atom is 0.0548 e. The SMILES string of the molecule is C[Si](C)(C)CC=CC[Si](C)(C)CC=CC[Si](C)(C)C. The summed E-state index contributed by atoms with van der Waals surface area (Å²) < 4.78 is 0. The van der Waals surface area contributed by atoms with E-state index in [9.17, 15) is 0 Å². The summed E-state index contributed by atoms with van der Waals surface area (Å²) in [7, 11) is -2.81. The third-order valence-electron chi connectivity index (χ3n) is 3.13. The predicted octanol–water partition coefficient (Wildman–Crippen LogP) is 6.48. The summed E-state index contributed by atoms with van der Waals surface area (Å²) in [4.78, 5) is 0. The van der Waals surface area contributed by atoms with E-state index in [-0.39, 0.29) is 0 Å². The van der Waals surface area contributed by atoms with E-state index in [0.717, 1.165) is 0 Å². The van der Waals surface area contributed by atoms with Crippen molar-refractivity contribution in [2.75, 3.05) is 0 Å². The average molecular weight is 313 g/mol. The van der Waals surface area contributed by atoms with Gasteiger partial charge in [0.2, 0.25) is 0 Å². The van der Waals surface area contributed by atoms with Crippen LogP contribution in [0.15, 0.2) is 24.3 Å². The molecule has 3 heteroatoms. The Balaban J connectivity index is 4.05. The van der Waals surface area contributed by atoms with Crippen molar-refractivity contribution in [1.82, 2.24) is 0 Å². The first kappa shape index (κ1) is 19.1. The zero-order chi connectivity index (χ0) is 15.2. The Bertz CT molecular complexity index is 271. The van der Waals surface area contributed by atoms with Crippen molar-refractivity contribution in [3.8, 4) is 0 Å². The van der Waals surface area contributed by atoms with Crippen LogP contribution in [0.2, 0.25) is 76.6 Å². The van der Waals surface area contributed by atoms with Gasteiger partial charge in [-0.15, -0.1) is 0 Å². The molecule has 0 saturated carbocycles. The van der Waals surface area contributed by atoms with E-state index in [1.165, 1.54) is 24.2 Å². The zero-order valence-corrected chi connectivity index (χ0v) is 17.6. The predicted molar refractivity (Wildman–Crippen MR) is 102 cm³/mol. The van der Waals surface area contributed by atoms with Crippen LogP contribution in [0.4, 0.5) is 0 Å². The number of hydrogen-bond acceptors (Lipinski definition) is 0. The molecule has 0 radical (unpaired) electrons. The summed E-state index contributed by atoms with van der Waals surface area (Å²) >= 11 is 0. The van der Waals surface area contributed by atoms with Gasteiger partial charge in [-0.1, -0.05) is 76.7 Å². The van der Waals surface area contributed by atoms with Gasteiger partial charge in [-0.25, -0.2) is 0 Å². The summed E-state index contributed by atoms with van der Waals surface area (Å²) in [5.74, 6) is 0. The van der Waals surface area contributed by atoms with Gasteiger partial charge in [0.25, 0.3) is 0 Å². The molecule has 0 aliphatic rings. The third-order valence-corrected chi connectivity index (χ3v) is 8.74. The van der Waals surface area contributed by atoms with Crippen LogP contribution in [0.1, 0.15) is 0 Å². The average Bonchev–Trinajstić information content (AvgIpc) is 2.17.